The van der Waals surface area contributed by atoms with Gasteiger partial charge in [-0.05, 0) is 30.7 Å². The average Bonchev–Trinajstić information content (AvgIpc) is 3.29. The first-order chi connectivity index (χ1) is 16.0. The summed E-state index contributed by atoms with van der Waals surface area (Å²) >= 11 is 0. The number of nitrogens with one attached hydrogen (secondary N) is 2. The summed E-state index contributed by atoms with van der Waals surface area (Å²) in [7, 11) is 0. The van der Waals surface area contributed by atoms with Crippen LogP contribution in [-0.2, 0) is 11.3 Å². The normalized spacial score (nSPS) is 11.5. The molecule has 0 saturated heterocycles. The maximum atomic E-state index is 12.6. The quantitative estimate of drug-likeness (QED) is 0.513. The molecule has 4 rings (SSSR count). The van der Waals surface area contributed by atoms with E-state index in [1.54, 1.807) is 30.3 Å². The van der Waals surface area contributed by atoms with Crippen LogP contribution in [0.25, 0.3) is 0 Å². The molecule has 168 valence electrons. The number of Topliss-reactive ketones (excluding diaryl/α,β-unsaturated/α-hetero) is 1. The molecule has 0 fully saturated rings. The number of ether oxygens (including phenoxy) is 3. The molecule has 3 aromatic carbocycles. The summed E-state index contributed by atoms with van der Waals surface area (Å²) in [6.45, 7) is 1.46. The largest absolute Gasteiger partial charge is 0.483 e. The maximum absolute atomic E-state index is 12.6. The Bertz CT molecular complexity index is 1190. The number of anilines is 1. The van der Waals surface area contributed by atoms with Crippen molar-refractivity contribution in [2.45, 2.75) is 13.5 Å². The number of para-hydroxylation sites is 1. The molecule has 8 heteroatoms. The van der Waals surface area contributed by atoms with E-state index in [2.05, 4.69) is 10.6 Å². The van der Waals surface area contributed by atoms with Crippen LogP contribution in [0.1, 0.15) is 33.2 Å². The molecule has 1 heterocycles. The van der Waals surface area contributed by atoms with Crippen molar-refractivity contribution in [3.63, 3.8) is 0 Å². The third kappa shape index (κ3) is 5.30. The van der Waals surface area contributed by atoms with Crippen molar-refractivity contribution in [3.8, 4) is 17.2 Å². The third-order valence-corrected chi connectivity index (χ3v) is 4.95. The molecule has 3 aromatic rings. The molecule has 1 aliphatic rings. The number of hydrogen-bond donors (Lipinski definition) is 2. The Balaban J connectivity index is 1.40. The first-order valence-corrected chi connectivity index (χ1v) is 10.3. The van der Waals surface area contributed by atoms with E-state index in [0.717, 1.165) is 5.56 Å². The predicted octanol–water partition coefficient (Wildman–Crippen LogP) is 3.57. The van der Waals surface area contributed by atoms with Gasteiger partial charge in [-0.15, -0.1) is 0 Å². The lowest BCUT2D eigenvalue weighted by Gasteiger charge is -2.13. The molecule has 33 heavy (non-hydrogen) atoms. The van der Waals surface area contributed by atoms with Gasteiger partial charge in [0.25, 0.3) is 11.8 Å². The SMILES string of the molecule is CC(=O)c1cc2c(cc1NC(=O)COc1ccccc1C(=O)NCc1ccccc1)OCO2. The Labute approximate surface area is 190 Å². The van der Waals surface area contributed by atoms with Crippen molar-refractivity contribution in [2.24, 2.45) is 0 Å². The molecule has 2 amide bonds. The molecule has 1 aliphatic heterocycles. The Morgan fingerprint density at radius 1 is 0.909 bits per heavy atom. The molecule has 0 atom stereocenters. The van der Waals surface area contributed by atoms with Crippen LogP contribution >= 0.6 is 0 Å². The second-order valence-electron chi connectivity index (χ2n) is 7.31. The van der Waals surface area contributed by atoms with Crippen LogP contribution in [-0.4, -0.2) is 31.0 Å². The van der Waals surface area contributed by atoms with E-state index in [9.17, 15) is 14.4 Å². The molecule has 0 saturated carbocycles. The molecule has 0 spiro atoms. The molecular weight excluding hydrogens is 424 g/mol. The van der Waals surface area contributed by atoms with Crippen molar-refractivity contribution in [3.05, 3.63) is 83.4 Å². The number of fused-ring (bicyclic) bond motifs is 1. The standard InChI is InChI=1S/C25H22N2O6/c1-16(28)19-11-22-23(33-15-32-22)12-20(19)27-24(29)14-31-21-10-6-5-9-18(21)25(30)26-13-17-7-3-2-4-8-17/h2-12H,13-15H2,1H3,(H,26,30)(H,27,29). The highest BCUT2D eigenvalue weighted by Gasteiger charge is 2.21. The number of hydrogen-bond acceptors (Lipinski definition) is 6. The first-order valence-electron chi connectivity index (χ1n) is 10.3. The molecule has 0 aromatic heterocycles. The van der Waals surface area contributed by atoms with Gasteiger partial charge < -0.3 is 24.8 Å². The number of ketones is 1. The van der Waals surface area contributed by atoms with Crippen LogP contribution in [0.15, 0.2) is 66.7 Å². The molecule has 0 aliphatic carbocycles. The van der Waals surface area contributed by atoms with Crippen molar-refractivity contribution in [1.29, 1.82) is 0 Å². The van der Waals surface area contributed by atoms with Gasteiger partial charge >= 0.3 is 0 Å². The van der Waals surface area contributed by atoms with Gasteiger partial charge in [-0.3, -0.25) is 14.4 Å². The maximum Gasteiger partial charge on any atom is 0.262 e. The van der Waals surface area contributed by atoms with E-state index in [4.69, 9.17) is 14.2 Å². The molecule has 0 radical (unpaired) electrons. The van der Waals surface area contributed by atoms with Gasteiger partial charge in [0.05, 0.1) is 11.3 Å². The van der Waals surface area contributed by atoms with Crippen molar-refractivity contribution in [2.75, 3.05) is 18.7 Å². The first kappa shape index (κ1) is 21.9. The van der Waals surface area contributed by atoms with Crippen LogP contribution < -0.4 is 24.8 Å². The van der Waals surface area contributed by atoms with Crippen LogP contribution in [0.3, 0.4) is 0 Å². The lowest BCUT2D eigenvalue weighted by molar-refractivity contribution is -0.118. The average molecular weight is 446 g/mol. The smallest absolute Gasteiger partial charge is 0.262 e. The van der Waals surface area contributed by atoms with E-state index >= 15 is 0 Å². The van der Waals surface area contributed by atoms with E-state index in [0.29, 0.717) is 34.9 Å². The van der Waals surface area contributed by atoms with Gasteiger partial charge in [0.2, 0.25) is 6.79 Å². The third-order valence-electron chi connectivity index (χ3n) is 4.95. The van der Waals surface area contributed by atoms with E-state index in [-0.39, 0.29) is 30.8 Å². The lowest BCUT2D eigenvalue weighted by atomic mass is 10.1. The van der Waals surface area contributed by atoms with Crippen LogP contribution in [0, 0.1) is 0 Å². The summed E-state index contributed by atoms with van der Waals surface area (Å²) in [6.07, 6.45) is 0. The Morgan fingerprint density at radius 2 is 1.61 bits per heavy atom. The minimum absolute atomic E-state index is 0.0519. The molecule has 0 unspecified atom stereocenters. The Kier molecular flexibility index (Phi) is 6.54. The fourth-order valence-electron chi connectivity index (χ4n) is 3.32. The van der Waals surface area contributed by atoms with Gasteiger partial charge in [0.15, 0.2) is 23.9 Å². The van der Waals surface area contributed by atoms with Crippen molar-refractivity contribution < 1.29 is 28.6 Å². The van der Waals surface area contributed by atoms with Crippen LogP contribution in [0.4, 0.5) is 5.69 Å². The van der Waals surface area contributed by atoms with Crippen LogP contribution in [0.5, 0.6) is 17.2 Å². The number of carbonyl (C=O) groups is 3. The summed E-state index contributed by atoms with van der Waals surface area (Å²) in [5.41, 5.74) is 1.88. The summed E-state index contributed by atoms with van der Waals surface area (Å²) in [5, 5.41) is 5.51. The minimum atomic E-state index is -0.490. The number of amides is 2. The second kappa shape index (κ2) is 9.86. The minimum Gasteiger partial charge on any atom is -0.483 e. The van der Waals surface area contributed by atoms with Crippen molar-refractivity contribution >= 4 is 23.3 Å². The molecular formula is C25H22N2O6. The zero-order chi connectivity index (χ0) is 23.2. The van der Waals surface area contributed by atoms with Crippen molar-refractivity contribution in [1.82, 2.24) is 5.32 Å². The monoisotopic (exact) mass is 446 g/mol. The summed E-state index contributed by atoms with van der Waals surface area (Å²) in [4.78, 5) is 37.2. The van der Waals surface area contributed by atoms with Gasteiger partial charge in [0, 0.05) is 18.2 Å². The highest BCUT2D eigenvalue weighted by molar-refractivity contribution is 6.05. The second-order valence-corrected chi connectivity index (χ2v) is 7.31. The summed E-state index contributed by atoms with van der Waals surface area (Å²) < 4.78 is 16.2. The number of carbonyl (C=O) groups excluding carboxylic acids is 3. The number of rotatable bonds is 8. The van der Waals surface area contributed by atoms with Gasteiger partial charge in [-0.2, -0.15) is 0 Å². The zero-order valence-electron chi connectivity index (χ0n) is 17.9. The van der Waals surface area contributed by atoms with E-state index in [1.165, 1.54) is 13.0 Å². The van der Waals surface area contributed by atoms with E-state index < -0.39 is 5.91 Å². The van der Waals surface area contributed by atoms with Gasteiger partial charge in [0.1, 0.15) is 5.75 Å². The molecule has 2 N–H and O–H groups in total. The predicted molar refractivity (Wildman–Crippen MR) is 121 cm³/mol. The number of benzene rings is 3. The highest BCUT2D eigenvalue weighted by Crippen LogP contribution is 2.37. The molecule has 0 bridgehead atoms. The van der Waals surface area contributed by atoms with Gasteiger partial charge in [-0.1, -0.05) is 42.5 Å². The summed E-state index contributed by atoms with van der Waals surface area (Å²) in [6, 6.07) is 19.3. The van der Waals surface area contributed by atoms with Gasteiger partial charge in [-0.25, -0.2) is 0 Å². The van der Waals surface area contributed by atoms with Crippen LogP contribution in [0.2, 0.25) is 0 Å². The fraction of sp³-hybridized carbons (Fsp3) is 0.160. The van der Waals surface area contributed by atoms with E-state index in [1.807, 2.05) is 30.3 Å². The molecule has 8 nitrogen and oxygen atoms in total. The topological polar surface area (TPSA) is 103 Å². The fourth-order valence-corrected chi connectivity index (χ4v) is 3.32. The zero-order valence-corrected chi connectivity index (χ0v) is 17.9. The highest BCUT2D eigenvalue weighted by atomic mass is 16.7. The lowest BCUT2D eigenvalue weighted by Crippen LogP contribution is -2.25. The summed E-state index contributed by atoms with van der Waals surface area (Å²) in [5.74, 6) is 0.127. The Morgan fingerprint density at radius 3 is 2.36 bits per heavy atom. The Hall–Kier alpha value is -4.33.